The van der Waals surface area contributed by atoms with E-state index in [0.717, 1.165) is 0 Å². The fourth-order valence-electron chi connectivity index (χ4n) is 1.03. The van der Waals surface area contributed by atoms with Crippen LogP contribution in [0.25, 0.3) is 0 Å². The van der Waals surface area contributed by atoms with Gasteiger partial charge in [0.05, 0.1) is 12.6 Å². The molecule has 1 atom stereocenters. The maximum atomic E-state index is 11.2. The Balaban J connectivity index is -0.000000184. The van der Waals surface area contributed by atoms with Crippen molar-refractivity contribution < 1.29 is 23.5 Å². The second-order valence-electron chi connectivity index (χ2n) is 3.59. The van der Waals surface area contributed by atoms with Crippen molar-refractivity contribution in [2.75, 3.05) is 6.54 Å². The molecule has 0 aliphatic heterocycles. The highest BCUT2D eigenvalue weighted by molar-refractivity contribution is 5.86. The molecule has 0 heterocycles. The lowest BCUT2D eigenvalue weighted by atomic mass is 10.2. The predicted octanol–water partition coefficient (Wildman–Crippen LogP) is 0.226. The molecular formula is C12H29N3O4. The average molecular weight is 279 g/mol. The minimum absolute atomic E-state index is 0. The summed E-state index contributed by atoms with van der Waals surface area (Å²) in [6.07, 6.45) is 1.22. The van der Waals surface area contributed by atoms with E-state index in [-0.39, 0.29) is 29.6 Å². The van der Waals surface area contributed by atoms with Crippen LogP contribution in [0.2, 0.25) is 0 Å². The van der Waals surface area contributed by atoms with Crippen molar-refractivity contribution in [2.24, 2.45) is 5.73 Å². The van der Waals surface area contributed by atoms with Gasteiger partial charge in [-0.25, -0.2) is 0 Å². The Hall–Kier alpha value is -1.92. The van der Waals surface area contributed by atoms with Gasteiger partial charge >= 0.3 is 0 Å². The zero-order valence-corrected chi connectivity index (χ0v) is 11.7. The lowest BCUT2D eigenvalue weighted by Crippen LogP contribution is -2.41. The largest absolute Gasteiger partial charge is 0.370 e. The Labute approximate surface area is 117 Å². The number of hydrogen-bond acceptors (Lipinski definition) is 4. The highest BCUT2D eigenvalue weighted by Gasteiger charge is 2.08. The van der Waals surface area contributed by atoms with Gasteiger partial charge in [0.1, 0.15) is 6.29 Å². The first-order chi connectivity index (χ1) is 8.95. The molecule has 0 saturated heterocycles. The molecule has 0 aliphatic rings. The van der Waals surface area contributed by atoms with Crippen LogP contribution < -0.4 is 16.4 Å². The number of amides is 3. The van der Waals surface area contributed by atoms with Crippen molar-refractivity contribution in [1.82, 2.24) is 10.6 Å². The monoisotopic (exact) mass is 279 g/mol. The number of nitrogens with one attached hydrogen (secondary N) is 2. The molecule has 0 fully saturated rings. The standard InChI is InChI=1S/C10H17N3O4.C2H6.3H2/c1-7(6-14)13-10(17)5-12-9(16)4-2-3-8(11)15;1-2;;;/h6-7H,2-5H2,1H3,(H2,11,15)(H,12,16)(H,13,17);1-2H3;3*1H/t7-;;;;/m0..../s1. The summed E-state index contributed by atoms with van der Waals surface area (Å²) >= 11 is 0. The molecule has 0 aliphatic carbocycles. The van der Waals surface area contributed by atoms with Crippen LogP contribution in [0.1, 0.15) is 44.3 Å². The van der Waals surface area contributed by atoms with Gasteiger partial charge in [0.2, 0.25) is 17.7 Å². The SMILES string of the molecule is CC.C[C@@H](C=O)NC(=O)CNC(=O)CCCC(N)=O.[HH].[HH].[HH]. The van der Waals surface area contributed by atoms with Crippen LogP contribution in [0.3, 0.4) is 0 Å². The highest BCUT2D eigenvalue weighted by atomic mass is 16.2. The lowest BCUT2D eigenvalue weighted by Gasteiger charge is -2.08. The molecule has 0 aromatic carbocycles. The molecule has 7 nitrogen and oxygen atoms in total. The zero-order chi connectivity index (χ0) is 15.3. The molecule has 4 N–H and O–H groups in total. The van der Waals surface area contributed by atoms with E-state index in [1.54, 1.807) is 0 Å². The summed E-state index contributed by atoms with van der Waals surface area (Å²) in [5.74, 6) is -1.23. The Morgan fingerprint density at radius 1 is 1.21 bits per heavy atom. The van der Waals surface area contributed by atoms with Gasteiger partial charge in [-0.15, -0.1) is 0 Å². The van der Waals surface area contributed by atoms with Gasteiger partial charge in [-0.1, -0.05) is 13.8 Å². The Bertz CT molecular complexity index is 318. The molecule has 3 amide bonds. The predicted molar refractivity (Wildman–Crippen MR) is 77.4 cm³/mol. The molecule has 0 aromatic heterocycles. The quantitative estimate of drug-likeness (QED) is 0.551. The third-order valence-electron chi connectivity index (χ3n) is 1.87. The summed E-state index contributed by atoms with van der Waals surface area (Å²) in [5.41, 5.74) is 4.90. The second-order valence-corrected chi connectivity index (χ2v) is 3.59. The van der Waals surface area contributed by atoms with Crippen molar-refractivity contribution in [3.8, 4) is 0 Å². The van der Waals surface area contributed by atoms with E-state index in [2.05, 4.69) is 10.6 Å². The van der Waals surface area contributed by atoms with E-state index in [0.29, 0.717) is 12.7 Å². The average Bonchev–Trinajstić information content (AvgIpc) is 2.38. The van der Waals surface area contributed by atoms with Crippen LogP contribution in [0.15, 0.2) is 0 Å². The normalized spacial score (nSPS) is 10.5. The third kappa shape index (κ3) is 14.0. The van der Waals surface area contributed by atoms with Crippen LogP contribution in [-0.4, -0.2) is 36.6 Å². The van der Waals surface area contributed by atoms with Gasteiger partial charge in [0, 0.05) is 17.1 Å². The van der Waals surface area contributed by atoms with E-state index in [4.69, 9.17) is 5.73 Å². The molecule has 7 heteroatoms. The maximum absolute atomic E-state index is 11.2. The van der Waals surface area contributed by atoms with Gasteiger partial charge in [-0.3, -0.25) is 14.4 Å². The summed E-state index contributed by atoms with van der Waals surface area (Å²) in [7, 11) is 0. The van der Waals surface area contributed by atoms with E-state index < -0.39 is 17.9 Å². The van der Waals surface area contributed by atoms with Gasteiger partial charge in [-0.05, 0) is 13.3 Å². The third-order valence-corrected chi connectivity index (χ3v) is 1.87. The van der Waals surface area contributed by atoms with E-state index in [1.807, 2.05) is 13.8 Å². The number of carbonyl (C=O) groups excluding carboxylic acids is 4. The molecule has 0 unspecified atom stereocenters. The van der Waals surface area contributed by atoms with Gasteiger partial charge in [0.25, 0.3) is 0 Å². The van der Waals surface area contributed by atoms with E-state index in [9.17, 15) is 19.2 Å². The summed E-state index contributed by atoms with van der Waals surface area (Å²) in [4.78, 5) is 42.9. The number of carbonyl (C=O) groups is 4. The minimum atomic E-state index is -0.575. The summed E-state index contributed by atoms with van der Waals surface area (Å²) < 4.78 is 0. The fourth-order valence-corrected chi connectivity index (χ4v) is 1.03. The van der Waals surface area contributed by atoms with Crippen molar-refractivity contribution in [2.45, 2.75) is 46.1 Å². The summed E-state index contributed by atoms with van der Waals surface area (Å²) in [6, 6.07) is -0.575. The molecule has 0 bridgehead atoms. The Morgan fingerprint density at radius 3 is 2.26 bits per heavy atom. The lowest BCUT2D eigenvalue weighted by molar-refractivity contribution is -0.127. The maximum Gasteiger partial charge on any atom is 0.239 e. The first-order valence-electron chi connectivity index (χ1n) is 6.25. The Kier molecular flexibility index (Phi) is 12.8. The molecule has 116 valence electrons. The number of nitrogens with two attached hydrogens (primary N) is 1. The molecule has 0 radical (unpaired) electrons. The van der Waals surface area contributed by atoms with Crippen LogP contribution in [0.4, 0.5) is 0 Å². The van der Waals surface area contributed by atoms with Gasteiger partial charge < -0.3 is 21.2 Å². The molecule has 0 aromatic rings. The van der Waals surface area contributed by atoms with Crippen molar-refractivity contribution in [3.63, 3.8) is 0 Å². The molecule has 0 rings (SSSR count). The van der Waals surface area contributed by atoms with Crippen molar-refractivity contribution in [1.29, 1.82) is 0 Å². The molecule has 19 heavy (non-hydrogen) atoms. The number of rotatable bonds is 8. The smallest absolute Gasteiger partial charge is 0.239 e. The number of hydrogen-bond donors (Lipinski definition) is 3. The topological polar surface area (TPSA) is 118 Å². The molecule has 0 spiro atoms. The number of aldehydes is 1. The first-order valence-corrected chi connectivity index (χ1v) is 6.25. The summed E-state index contributed by atoms with van der Waals surface area (Å²) in [6.45, 7) is 5.34. The molecular weight excluding hydrogens is 250 g/mol. The number of primary amides is 1. The highest BCUT2D eigenvalue weighted by Crippen LogP contribution is 1.93. The molecule has 0 saturated carbocycles. The van der Waals surface area contributed by atoms with Crippen LogP contribution >= 0.6 is 0 Å². The van der Waals surface area contributed by atoms with Crippen molar-refractivity contribution in [3.05, 3.63) is 0 Å². The van der Waals surface area contributed by atoms with E-state index >= 15 is 0 Å². The minimum Gasteiger partial charge on any atom is -0.370 e. The van der Waals surface area contributed by atoms with Crippen LogP contribution in [-0.2, 0) is 19.2 Å². The van der Waals surface area contributed by atoms with Crippen LogP contribution in [0, 0.1) is 0 Å². The van der Waals surface area contributed by atoms with Crippen LogP contribution in [0.5, 0.6) is 0 Å². The van der Waals surface area contributed by atoms with Gasteiger partial charge in [0.15, 0.2) is 0 Å². The Morgan fingerprint density at radius 2 is 1.79 bits per heavy atom. The first kappa shape index (κ1) is 19.4. The summed E-state index contributed by atoms with van der Waals surface area (Å²) in [5, 5.41) is 4.73. The second kappa shape index (κ2) is 12.5. The fraction of sp³-hybridized carbons (Fsp3) is 0.667. The zero-order valence-electron chi connectivity index (χ0n) is 11.7. The van der Waals surface area contributed by atoms with Gasteiger partial charge in [-0.2, -0.15) is 0 Å². The van der Waals surface area contributed by atoms with Crippen molar-refractivity contribution >= 4 is 24.0 Å². The van der Waals surface area contributed by atoms with E-state index in [1.165, 1.54) is 6.92 Å².